The van der Waals surface area contributed by atoms with Gasteiger partial charge in [-0.15, -0.1) is 11.3 Å². The molecule has 26 heavy (non-hydrogen) atoms. The Morgan fingerprint density at radius 3 is 2.54 bits per heavy atom. The molecule has 1 fully saturated rings. The van der Waals surface area contributed by atoms with E-state index in [9.17, 15) is 4.79 Å². The molecule has 2 heterocycles. The number of aromatic nitrogens is 1. The van der Waals surface area contributed by atoms with Crippen LogP contribution in [-0.2, 0) is 6.54 Å². The van der Waals surface area contributed by atoms with Gasteiger partial charge in [0.2, 0.25) is 0 Å². The lowest BCUT2D eigenvalue weighted by Gasteiger charge is -2.32. The Bertz CT molecular complexity index is 746. The van der Waals surface area contributed by atoms with Gasteiger partial charge in [0.15, 0.2) is 0 Å². The minimum absolute atomic E-state index is 0.0791. The standard InChI is InChI=1S/C20H28N4OS/c1-14-9-11-24(12-10-14)17-7-5-16(6-8-17)22-20(25)19-15(2)21-18(26-19)13-23(3)4/h5-8,14H,9-13H2,1-4H3,(H,22,25). The minimum atomic E-state index is -0.0791. The maximum atomic E-state index is 12.6. The lowest BCUT2D eigenvalue weighted by Crippen LogP contribution is -2.32. The van der Waals surface area contributed by atoms with Crippen LogP contribution < -0.4 is 10.2 Å². The van der Waals surface area contributed by atoms with Crippen LogP contribution in [-0.4, -0.2) is 43.0 Å². The van der Waals surface area contributed by atoms with Crippen molar-refractivity contribution in [1.29, 1.82) is 0 Å². The van der Waals surface area contributed by atoms with Crippen molar-refractivity contribution < 1.29 is 4.79 Å². The van der Waals surface area contributed by atoms with Gasteiger partial charge in [0.25, 0.3) is 5.91 Å². The molecule has 0 atom stereocenters. The number of amides is 1. The van der Waals surface area contributed by atoms with Crippen molar-refractivity contribution in [2.45, 2.75) is 33.2 Å². The van der Waals surface area contributed by atoms with Crippen LogP contribution >= 0.6 is 11.3 Å². The number of hydrogen-bond donors (Lipinski definition) is 1. The van der Waals surface area contributed by atoms with Gasteiger partial charge >= 0.3 is 0 Å². The molecule has 2 aromatic rings. The van der Waals surface area contributed by atoms with Crippen molar-refractivity contribution in [3.05, 3.63) is 39.8 Å². The molecular formula is C20H28N4OS. The zero-order valence-electron chi connectivity index (χ0n) is 16.1. The maximum absolute atomic E-state index is 12.6. The van der Waals surface area contributed by atoms with E-state index in [0.717, 1.165) is 41.9 Å². The molecule has 0 aliphatic carbocycles. The Morgan fingerprint density at radius 2 is 1.92 bits per heavy atom. The van der Waals surface area contributed by atoms with Crippen LogP contribution in [0.15, 0.2) is 24.3 Å². The molecule has 1 amide bonds. The molecule has 0 unspecified atom stereocenters. The average Bonchev–Trinajstić information content (AvgIpc) is 2.96. The number of rotatable bonds is 5. The second-order valence-corrected chi connectivity index (χ2v) is 8.51. The lowest BCUT2D eigenvalue weighted by atomic mass is 9.99. The molecule has 1 aliphatic rings. The van der Waals surface area contributed by atoms with E-state index < -0.39 is 0 Å². The molecule has 1 aromatic carbocycles. The van der Waals surface area contributed by atoms with Gasteiger partial charge in [-0.1, -0.05) is 6.92 Å². The highest BCUT2D eigenvalue weighted by Gasteiger charge is 2.17. The van der Waals surface area contributed by atoms with E-state index in [1.807, 2.05) is 33.2 Å². The number of nitrogens with zero attached hydrogens (tertiary/aromatic N) is 3. The molecule has 140 valence electrons. The SMILES string of the molecule is Cc1nc(CN(C)C)sc1C(=O)Nc1ccc(N2CCC(C)CC2)cc1. The number of anilines is 2. The van der Waals surface area contributed by atoms with Crippen LogP contribution in [0, 0.1) is 12.8 Å². The summed E-state index contributed by atoms with van der Waals surface area (Å²) in [6, 6.07) is 8.18. The van der Waals surface area contributed by atoms with Crippen molar-refractivity contribution in [1.82, 2.24) is 9.88 Å². The Kier molecular flexibility index (Phi) is 5.94. The summed E-state index contributed by atoms with van der Waals surface area (Å²) in [5, 5.41) is 3.97. The fraction of sp³-hybridized carbons (Fsp3) is 0.500. The van der Waals surface area contributed by atoms with Crippen molar-refractivity contribution in [3.8, 4) is 0 Å². The topological polar surface area (TPSA) is 48.5 Å². The second kappa shape index (κ2) is 8.18. The van der Waals surface area contributed by atoms with Crippen LogP contribution in [0.4, 0.5) is 11.4 Å². The number of nitrogens with one attached hydrogen (secondary N) is 1. The Balaban J connectivity index is 1.63. The van der Waals surface area contributed by atoms with Gasteiger partial charge in [-0.3, -0.25) is 4.79 Å². The molecule has 0 radical (unpaired) electrons. The van der Waals surface area contributed by atoms with E-state index in [2.05, 4.69) is 39.2 Å². The Morgan fingerprint density at radius 1 is 1.27 bits per heavy atom. The lowest BCUT2D eigenvalue weighted by molar-refractivity contribution is 0.103. The number of benzene rings is 1. The molecule has 1 aliphatic heterocycles. The molecule has 1 aromatic heterocycles. The van der Waals surface area contributed by atoms with E-state index in [-0.39, 0.29) is 5.91 Å². The second-order valence-electron chi connectivity index (χ2n) is 7.43. The third-order valence-corrected chi connectivity index (χ3v) is 5.91. The van der Waals surface area contributed by atoms with Crippen LogP contribution in [0.25, 0.3) is 0 Å². The van der Waals surface area contributed by atoms with Gasteiger partial charge in [-0.2, -0.15) is 0 Å². The summed E-state index contributed by atoms with van der Waals surface area (Å²) in [6.45, 7) is 7.19. The Labute approximate surface area is 160 Å². The van der Waals surface area contributed by atoms with E-state index in [1.165, 1.54) is 29.9 Å². The van der Waals surface area contributed by atoms with E-state index >= 15 is 0 Å². The summed E-state index contributed by atoms with van der Waals surface area (Å²) in [6.07, 6.45) is 2.50. The Hall–Kier alpha value is -1.92. The van der Waals surface area contributed by atoms with Crippen molar-refractivity contribution in [2.75, 3.05) is 37.4 Å². The number of thiazole rings is 1. The molecule has 5 nitrogen and oxygen atoms in total. The van der Waals surface area contributed by atoms with Crippen molar-refractivity contribution >= 4 is 28.6 Å². The zero-order valence-corrected chi connectivity index (χ0v) is 16.9. The van der Waals surface area contributed by atoms with Gasteiger partial charge in [0.05, 0.1) is 5.69 Å². The molecule has 1 saturated heterocycles. The smallest absolute Gasteiger partial charge is 0.267 e. The zero-order chi connectivity index (χ0) is 18.7. The van der Waals surface area contributed by atoms with Crippen LogP contribution in [0.3, 0.4) is 0 Å². The normalized spacial score (nSPS) is 15.5. The van der Waals surface area contributed by atoms with E-state index in [0.29, 0.717) is 4.88 Å². The third kappa shape index (κ3) is 4.62. The first kappa shape index (κ1) is 18.9. The molecule has 3 rings (SSSR count). The molecule has 0 spiro atoms. The summed E-state index contributed by atoms with van der Waals surface area (Å²) < 4.78 is 0. The number of hydrogen-bond acceptors (Lipinski definition) is 5. The predicted octanol–water partition coefficient (Wildman–Crippen LogP) is 4.00. The first-order chi connectivity index (χ1) is 12.4. The number of carbonyl (C=O) groups is 1. The molecular weight excluding hydrogens is 344 g/mol. The molecule has 0 bridgehead atoms. The largest absolute Gasteiger partial charge is 0.372 e. The van der Waals surface area contributed by atoms with E-state index in [4.69, 9.17) is 0 Å². The van der Waals surface area contributed by atoms with Gasteiger partial charge in [0, 0.05) is 31.0 Å². The summed E-state index contributed by atoms with van der Waals surface area (Å²) in [5.41, 5.74) is 2.85. The summed E-state index contributed by atoms with van der Waals surface area (Å²) in [4.78, 5) is 22.3. The van der Waals surface area contributed by atoms with Gasteiger partial charge in [-0.25, -0.2) is 4.98 Å². The summed E-state index contributed by atoms with van der Waals surface area (Å²) in [5.74, 6) is 0.745. The maximum Gasteiger partial charge on any atom is 0.267 e. The van der Waals surface area contributed by atoms with Crippen molar-refractivity contribution in [3.63, 3.8) is 0 Å². The number of carbonyl (C=O) groups excluding carboxylic acids is 1. The van der Waals surface area contributed by atoms with Gasteiger partial charge in [0.1, 0.15) is 9.88 Å². The highest BCUT2D eigenvalue weighted by Crippen LogP contribution is 2.25. The van der Waals surface area contributed by atoms with E-state index in [1.54, 1.807) is 0 Å². The highest BCUT2D eigenvalue weighted by molar-refractivity contribution is 7.13. The van der Waals surface area contributed by atoms with Crippen LogP contribution in [0.5, 0.6) is 0 Å². The summed E-state index contributed by atoms with van der Waals surface area (Å²) in [7, 11) is 4.00. The van der Waals surface area contributed by atoms with Crippen molar-refractivity contribution in [2.24, 2.45) is 5.92 Å². The van der Waals surface area contributed by atoms with Gasteiger partial charge < -0.3 is 15.1 Å². The monoisotopic (exact) mass is 372 g/mol. The molecule has 6 heteroatoms. The average molecular weight is 373 g/mol. The fourth-order valence-corrected chi connectivity index (χ4v) is 4.29. The summed E-state index contributed by atoms with van der Waals surface area (Å²) >= 11 is 1.47. The highest BCUT2D eigenvalue weighted by atomic mass is 32.1. The molecule has 1 N–H and O–H groups in total. The van der Waals surface area contributed by atoms with Crippen LogP contribution in [0.2, 0.25) is 0 Å². The number of piperidine rings is 1. The first-order valence-electron chi connectivity index (χ1n) is 9.20. The minimum Gasteiger partial charge on any atom is -0.372 e. The first-order valence-corrected chi connectivity index (χ1v) is 10.0. The number of aryl methyl sites for hydroxylation is 1. The predicted molar refractivity (Wildman–Crippen MR) is 109 cm³/mol. The van der Waals surface area contributed by atoms with Gasteiger partial charge in [-0.05, 0) is 64.0 Å². The molecule has 0 saturated carbocycles. The third-order valence-electron chi connectivity index (χ3n) is 4.77. The van der Waals surface area contributed by atoms with Crippen LogP contribution in [0.1, 0.15) is 40.1 Å². The fourth-order valence-electron chi connectivity index (χ4n) is 3.21. The quantitative estimate of drug-likeness (QED) is 0.862.